The Balaban J connectivity index is 2.17. The molecule has 0 spiro atoms. The molecule has 0 aromatic heterocycles. The average molecular weight is 399 g/mol. The molecular weight excluding hydrogens is 364 g/mol. The predicted octanol–water partition coefficient (Wildman–Crippen LogP) is 5.56. The molecule has 2 aromatic carbocycles. The van der Waals surface area contributed by atoms with Crippen LogP contribution in [0, 0.1) is 5.41 Å². The van der Waals surface area contributed by atoms with E-state index in [9.17, 15) is 4.21 Å². The van der Waals surface area contributed by atoms with Crippen LogP contribution in [0.3, 0.4) is 0 Å². The molecule has 0 radical (unpaired) electrons. The van der Waals surface area contributed by atoms with Crippen LogP contribution in [-0.4, -0.2) is 24.1 Å². The van der Waals surface area contributed by atoms with Crippen LogP contribution in [0.15, 0.2) is 47.4 Å². The zero-order valence-corrected chi connectivity index (χ0v) is 18.5. The summed E-state index contributed by atoms with van der Waals surface area (Å²) in [6.07, 6.45) is 5.59. The lowest BCUT2D eigenvalue weighted by atomic mass is 9.71. The summed E-state index contributed by atoms with van der Waals surface area (Å²) in [4.78, 5) is 3.12. The van der Waals surface area contributed by atoms with Gasteiger partial charge in [-0.2, -0.15) is 0 Å². The minimum Gasteiger partial charge on any atom is -0.399 e. The summed E-state index contributed by atoms with van der Waals surface area (Å²) in [5.74, 6) is 0.984. The standard InChI is InChI=1S/C24H34N2OS/c1-5-7-13-24(6-2)16-22(18-9-8-10-19(25)14-18)21-15-20(26(3)4)11-12-23(21)28(27)17-24/h8-12,14-15,22H,5-7,13,16-17,25H2,1-4H3/t22-,24+,28?/m1/s1. The largest absolute Gasteiger partial charge is 0.399 e. The molecule has 1 aliphatic rings. The first-order chi connectivity index (χ1) is 13.4. The highest BCUT2D eigenvalue weighted by Gasteiger charge is 2.39. The third kappa shape index (κ3) is 4.27. The van der Waals surface area contributed by atoms with E-state index < -0.39 is 10.8 Å². The van der Waals surface area contributed by atoms with Crippen molar-refractivity contribution in [2.75, 3.05) is 30.5 Å². The average Bonchev–Trinajstić information content (AvgIpc) is 2.81. The molecule has 0 saturated carbocycles. The zero-order chi connectivity index (χ0) is 20.3. The second-order valence-electron chi connectivity index (χ2n) is 8.49. The topological polar surface area (TPSA) is 46.3 Å². The number of nitrogen functional groups attached to an aromatic ring is 1. The summed E-state index contributed by atoms with van der Waals surface area (Å²) >= 11 is 0. The van der Waals surface area contributed by atoms with Gasteiger partial charge in [0.05, 0.1) is 10.8 Å². The van der Waals surface area contributed by atoms with Gasteiger partial charge in [-0.25, -0.2) is 0 Å². The lowest BCUT2D eigenvalue weighted by Crippen LogP contribution is -2.27. The molecule has 4 heteroatoms. The number of nitrogens with two attached hydrogens (primary N) is 1. The van der Waals surface area contributed by atoms with Crippen molar-refractivity contribution in [3.63, 3.8) is 0 Å². The Kier molecular flexibility index (Phi) is 6.49. The molecule has 0 fully saturated rings. The van der Waals surface area contributed by atoms with E-state index in [2.05, 4.69) is 63.2 Å². The number of hydrogen-bond acceptors (Lipinski definition) is 3. The molecule has 0 aliphatic carbocycles. The Labute approximate surface area is 172 Å². The maximum absolute atomic E-state index is 13.4. The molecule has 0 saturated heterocycles. The highest BCUT2D eigenvalue weighted by atomic mass is 32.2. The van der Waals surface area contributed by atoms with E-state index in [-0.39, 0.29) is 11.3 Å². The van der Waals surface area contributed by atoms with Crippen molar-refractivity contribution >= 4 is 22.2 Å². The SMILES string of the molecule is CCCC[C@@]1(CC)C[C@H](c2cccc(N)c2)c2cc(N(C)C)ccc2S(=O)C1. The summed E-state index contributed by atoms with van der Waals surface area (Å²) in [5, 5.41) is 0. The first kappa shape index (κ1) is 20.9. The van der Waals surface area contributed by atoms with Gasteiger partial charge in [-0.15, -0.1) is 0 Å². The number of hydrogen-bond donors (Lipinski definition) is 1. The van der Waals surface area contributed by atoms with Gasteiger partial charge in [0, 0.05) is 42.0 Å². The second-order valence-corrected chi connectivity index (χ2v) is 9.91. The molecule has 152 valence electrons. The quantitative estimate of drug-likeness (QED) is 0.648. The maximum atomic E-state index is 13.4. The number of nitrogens with zero attached hydrogens (tertiary/aromatic N) is 1. The van der Waals surface area contributed by atoms with Crippen molar-refractivity contribution in [1.29, 1.82) is 0 Å². The van der Waals surface area contributed by atoms with Crippen LogP contribution in [-0.2, 0) is 10.8 Å². The Morgan fingerprint density at radius 2 is 1.96 bits per heavy atom. The molecule has 1 aliphatic heterocycles. The molecule has 2 aromatic rings. The van der Waals surface area contributed by atoms with Gasteiger partial charge in [-0.3, -0.25) is 4.21 Å². The highest BCUT2D eigenvalue weighted by Crippen LogP contribution is 2.48. The van der Waals surface area contributed by atoms with Gasteiger partial charge in [-0.05, 0) is 66.1 Å². The van der Waals surface area contributed by atoms with Crippen molar-refractivity contribution in [2.24, 2.45) is 5.41 Å². The third-order valence-corrected chi connectivity index (χ3v) is 8.07. The fourth-order valence-corrected chi connectivity index (χ4v) is 6.34. The first-order valence-electron chi connectivity index (χ1n) is 10.4. The Morgan fingerprint density at radius 3 is 2.61 bits per heavy atom. The van der Waals surface area contributed by atoms with E-state index in [0.29, 0.717) is 0 Å². The van der Waals surface area contributed by atoms with Crippen molar-refractivity contribution in [1.82, 2.24) is 0 Å². The van der Waals surface area contributed by atoms with Gasteiger partial charge in [0.1, 0.15) is 0 Å². The van der Waals surface area contributed by atoms with E-state index >= 15 is 0 Å². The number of fused-ring (bicyclic) bond motifs is 1. The van der Waals surface area contributed by atoms with Crippen LogP contribution >= 0.6 is 0 Å². The van der Waals surface area contributed by atoms with Gasteiger partial charge in [0.2, 0.25) is 0 Å². The first-order valence-corrected chi connectivity index (χ1v) is 11.8. The molecule has 1 unspecified atom stereocenters. The van der Waals surface area contributed by atoms with Crippen molar-refractivity contribution < 1.29 is 4.21 Å². The smallest absolute Gasteiger partial charge is 0.0538 e. The minimum atomic E-state index is -0.976. The number of unbranched alkanes of at least 4 members (excludes halogenated alkanes) is 1. The highest BCUT2D eigenvalue weighted by molar-refractivity contribution is 7.85. The summed E-state index contributed by atoms with van der Waals surface area (Å²) in [7, 11) is 3.14. The van der Waals surface area contributed by atoms with Crippen molar-refractivity contribution in [3.8, 4) is 0 Å². The summed E-state index contributed by atoms with van der Waals surface area (Å²) < 4.78 is 13.4. The van der Waals surface area contributed by atoms with Crippen LogP contribution < -0.4 is 10.6 Å². The fraction of sp³-hybridized carbons (Fsp3) is 0.500. The zero-order valence-electron chi connectivity index (χ0n) is 17.7. The van der Waals surface area contributed by atoms with Gasteiger partial charge in [-0.1, -0.05) is 38.8 Å². The summed E-state index contributed by atoms with van der Waals surface area (Å²) in [6, 6.07) is 14.7. The van der Waals surface area contributed by atoms with Gasteiger partial charge < -0.3 is 10.6 Å². The van der Waals surface area contributed by atoms with Gasteiger partial charge in [0.25, 0.3) is 0 Å². The molecule has 3 atom stereocenters. The number of rotatable bonds is 6. The summed E-state index contributed by atoms with van der Waals surface area (Å²) in [5.41, 5.74) is 10.6. The molecule has 0 amide bonds. The van der Waals surface area contributed by atoms with Crippen molar-refractivity contribution in [2.45, 2.75) is 56.8 Å². The summed E-state index contributed by atoms with van der Waals surface area (Å²) in [6.45, 7) is 4.51. The molecular formula is C24H34N2OS. The predicted molar refractivity (Wildman–Crippen MR) is 122 cm³/mol. The van der Waals surface area contributed by atoms with E-state index in [4.69, 9.17) is 5.73 Å². The van der Waals surface area contributed by atoms with Gasteiger partial charge >= 0.3 is 0 Å². The minimum absolute atomic E-state index is 0.105. The molecule has 3 nitrogen and oxygen atoms in total. The Hall–Kier alpha value is -1.81. The lowest BCUT2D eigenvalue weighted by molar-refractivity contribution is 0.249. The molecule has 2 N–H and O–H groups in total. The Bertz CT molecular complexity index is 848. The fourth-order valence-electron chi connectivity index (χ4n) is 4.47. The van der Waals surface area contributed by atoms with Crippen LogP contribution in [0.1, 0.15) is 63.0 Å². The van der Waals surface area contributed by atoms with E-state index in [1.165, 1.54) is 24.0 Å². The third-order valence-electron chi connectivity index (χ3n) is 6.33. The van der Waals surface area contributed by atoms with Crippen LogP contribution in [0.5, 0.6) is 0 Å². The molecule has 0 bridgehead atoms. The monoisotopic (exact) mass is 398 g/mol. The van der Waals surface area contributed by atoms with E-state index in [0.717, 1.165) is 41.3 Å². The molecule has 3 rings (SSSR count). The molecule has 28 heavy (non-hydrogen) atoms. The van der Waals surface area contributed by atoms with E-state index in [1.807, 2.05) is 12.1 Å². The number of anilines is 2. The number of benzene rings is 2. The van der Waals surface area contributed by atoms with Crippen LogP contribution in [0.25, 0.3) is 0 Å². The Morgan fingerprint density at radius 1 is 1.18 bits per heavy atom. The lowest BCUT2D eigenvalue weighted by Gasteiger charge is -2.34. The molecule has 1 heterocycles. The second kappa shape index (κ2) is 8.69. The van der Waals surface area contributed by atoms with Crippen LogP contribution in [0.4, 0.5) is 11.4 Å². The van der Waals surface area contributed by atoms with E-state index in [1.54, 1.807) is 0 Å². The maximum Gasteiger partial charge on any atom is 0.0538 e. The van der Waals surface area contributed by atoms with Crippen LogP contribution in [0.2, 0.25) is 0 Å². The van der Waals surface area contributed by atoms with Gasteiger partial charge in [0.15, 0.2) is 0 Å². The normalized spacial score (nSPS) is 24.4. The van der Waals surface area contributed by atoms with Crippen molar-refractivity contribution in [3.05, 3.63) is 53.6 Å².